The van der Waals surface area contributed by atoms with Gasteiger partial charge in [0.2, 0.25) is 0 Å². The van der Waals surface area contributed by atoms with Crippen LogP contribution in [0.15, 0.2) is 35.4 Å². The van der Waals surface area contributed by atoms with Crippen molar-refractivity contribution < 1.29 is 9.90 Å². The normalized spacial score (nSPS) is 11.1. The lowest BCUT2D eigenvalue weighted by Crippen LogP contribution is -2.23. The third-order valence-corrected chi connectivity index (χ3v) is 2.41. The van der Waals surface area contributed by atoms with Crippen LogP contribution in [-0.2, 0) is 0 Å². The fourth-order valence-corrected chi connectivity index (χ4v) is 1.56. The minimum Gasteiger partial charge on any atom is -0.464 e. The maximum Gasteiger partial charge on any atom is 0.427 e. The molecule has 0 bridgehead atoms. The molecule has 0 atom stereocenters. The van der Waals surface area contributed by atoms with E-state index in [1.807, 2.05) is 30.3 Å². The molecule has 1 amide bonds. The standard InChI is InChI=1S/C12H13N3O2/c1-2-15(12(16)17)13-8-10-7-9-5-3-4-6-11(9)14-10/h3-8,14H,2H2,1H3,(H,16,17)/b13-8+. The number of nitrogens with zero attached hydrogens (tertiary/aromatic N) is 2. The molecule has 2 rings (SSSR count). The van der Waals surface area contributed by atoms with Gasteiger partial charge in [0.1, 0.15) is 0 Å². The average Bonchev–Trinajstić information content (AvgIpc) is 2.71. The van der Waals surface area contributed by atoms with Gasteiger partial charge in [0.25, 0.3) is 0 Å². The van der Waals surface area contributed by atoms with Gasteiger partial charge in [0, 0.05) is 17.4 Å². The van der Waals surface area contributed by atoms with Gasteiger partial charge in [-0.2, -0.15) is 10.1 Å². The zero-order valence-corrected chi connectivity index (χ0v) is 9.42. The van der Waals surface area contributed by atoms with Crippen LogP contribution in [0.2, 0.25) is 0 Å². The molecule has 1 aromatic carbocycles. The van der Waals surface area contributed by atoms with Crippen LogP contribution >= 0.6 is 0 Å². The highest BCUT2D eigenvalue weighted by molar-refractivity contribution is 5.89. The minimum absolute atomic E-state index is 0.325. The lowest BCUT2D eigenvalue weighted by molar-refractivity contribution is 0.150. The van der Waals surface area contributed by atoms with Crippen molar-refractivity contribution in [2.75, 3.05) is 6.54 Å². The number of fused-ring (bicyclic) bond motifs is 1. The molecule has 0 aliphatic rings. The van der Waals surface area contributed by atoms with E-state index in [4.69, 9.17) is 5.11 Å². The maximum atomic E-state index is 10.7. The molecule has 0 unspecified atom stereocenters. The van der Waals surface area contributed by atoms with Gasteiger partial charge < -0.3 is 10.1 Å². The Morgan fingerprint density at radius 1 is 1.53 bits per heavy atom. The molecular formula is C12H13N3O2. The SMILES string of the molecule is CCN(/N=C/c1cc2ccccc2[nH]1)C(=O)O. The molecule has 2 aromatic rings. The van der Waals surface area contributed by atoms with E-state index >= 15 is 0 Å². The molecular weight excluding hydrogens is 218 g/mol. The number of carbonyl (C=O) groups is 1. The molecule has 0 saturated carbocycles. The van der Waals surface area contributed by atoms with Crippen LogP contribution in [0.5, 0.6) is 0 Å². The number of H-pyrrole nitrogens is 1. The number of aromatic nitrogens is 1. The van der Waals surface area contributed by atoms with Crippen molar-refractivity contribution >= 4 is 23.2 Å². The topological polar surface area (TPSA) is 68.7 Å². The summed E-state index contributed by atoms with van der Waals surface area (Å²) in [4.78, 5) is 13.9. The lowest BCUT2D eigenvalue weighted by Gasteiger charge is -2.08. The number of benzene rings is 1. The Balaban J connectivity index is 2.23. The van der Waals surface area contributed by atoms with Crippen LogP contribution in [0.1, 0.15) is 12.6 Å². The molecule has 2 N–H and O–H groups in total. The van der Waals surface area contributed by atoms with Gasteiger partial charge >= 0.3 is 6.09 Å². The van der Waals surface area contributed by atoms with E-state index in [0.29, 0.717) is 6.54 Å². The molecule has 5 nitrogen and oxygen atoms in total. The first-order chi connectivity index (χ1) is 8.20. The molecule has 1 heterocycles. The van der Waals surface area contributed by atoms with E-state index in [-0.39, 0.29) is 0 Å². The molecule has 0 fully saturated rings. The van der Waals surface area contributed by atoms with Crippen molar-refractivity contribution in [1.82, 2.24) is 9.99 Å². The molecule has 0 aliphatic heterocycles. The monoisotopic (exact) mass is 231 g/mol. The van der Waals surface area contributed by atoms with E-state index in [0.717, 1.165) is 21.6 Å². The first-order valence-corrected chi connectivity index (χ1v) is 5.33. The first kappa shape index (κ1) is 11.2. The van der Waals surface area contributed by atoms with Crippen molar-refractivity contribution in [1.29, 1.82) is 0 Å². The molecule has 1 aromatic heterocycles. The van der Waals surface area contributed by atoms with Gasteiger partial charge in [-0.05, 0) is 19.1 Å². The molecule has 0 radical (unpaired) electrons. The summed E-state index contributed by atoms with van der Waals surface area (Å²) in [6.07, 6.45) is 0.456. The smallest absolute Gasteiger partial charge is 0.427 e. The summed E-state index contributed by atoms with van der Waals surface area (Å²) in [7, 11) is 0. The van der Waals surface area contributed by atoms with Crippen molar-refractivity contribution in [3.8, 4) is 0 Å². The Bertz CT molecular complexity index is 527. The Morgan fingerprint density at radius 3 is 2.94 bits per heavy atom. The summed E-state index contributed by atoms with van der Waals surface area (Å²) in [5, 5.41) is 14.7. The summed E-state index contributed by atoms with van der Waals surface area (Å²) in [5.74, 6) is 0. The molecule has 0 spiro atoms. The first-order valence-electron chi connectivity index (χ1n) is 5.33. The second-order valence-corrected chi connectivity index (χ2v) is 3.55. The lowest BCUT2D eigenvalue weighted by atomic mass is 10.2. The van der Waals surface area contributed by atoms with Crippen molar-refractivity contribution in [2.45, 2.75) is 6.92 Å². The highest BCUT2D eigenvalue weighted by Gasteiger charge is 2.05. The van der Waals surface area contributed by atoms with Gasteiger partial charge in [0.05, 0.1) is 11.9 Å². The number of rotatable bonds is 3. The maximum absolute atomic E-state index is 10.7. The van der Waals surface area contributed by atoms with E-state index in [1.54, 1.807) is 6.92 Å². The third-order valence-electron chi connectivity index (χ3n) is 2.41. The minimum atomic E-state index is -1.06. The van der Waals surface area contributed by atoms with Crippen LogP contribution in [0.3, 0.4) is 0 Å². The number of hydrazone groups is 1. The van der Waals surface area contributed by atoms with Gasteiger partial charge in [0.15, 0.2) is 0 Å². The Labute approximate surface area is 98.4 Å². The fraction of sp³-hybridized carbons (Fsp3) is 0.167. The van der Waals surface area contributed by atoms with E-state index in [2.05, 4.69) is 10.1 Å². The van der Waals surface area contributed by atoms with Crippen molar-refractivity contribution in [3.05, 3.63) is 36.0 Å². The van der Waals surface area contributed by atoms with Gasteiger partial charge in [-0.1, -0.05) is 18.2 Å². The second kappa shape index (κ2) is 4.69. The number of nitrogens with one attached hydrogen (secondary N) is 1. The molecule has 5 heteroatoms. The number of amides is 1. The van der Waals surface area contributed by atoms with Crippen LogP contribution in [0, 0.1) is 0 Å². The average molecular weight is 231 g/mol. The highest BCUT2D eigenvalue weighted by Crippen LogP contribution is 2.13. The molecule has 0 aliphatic carbocycles. The molecule has 17 heavy (non-hydrogen) atoms. The number of para-hydroxylation sites is 1. The van der Waals surface area contributed by atoms with Crippen molar-refractivity contribution in [3.63, 3.8) is 0 Å². The Kier molecular flexibility index (Phi) is 3.09. The Morgan fingerprint density at radius 2 is 2.29 bits per heavy atom. The van der Waals surface area contributed by atoms with E-state index in [1.165, 1.54) is 6.21 Å². The van der Waals surface area contributed by atoms with E-state index < -0.39 is 6.09 Å². The second-order valence-electron chi connectivity index (χ2n) is 3.55. The summed E-state index contributed by atoms with van der Waals surface area (Å²) >= 11 is 0. The van der Waals surface area contributed by atoms with Crippen molar-refractivity contribution in [2.24, 2.45) is 5.10 Å². The molecule has 88 valence electrons. The van der Waals surface area contributed by atoms with Crippen LogP contribution < -0.4 is 0 Å². The predicted molar refractivity (Wildman–Crippen MR) is 66.3 cm³/mol. The quantitative estimate of drug-likeness (QED) is 0.629. The van der Waals surface area contributed by atoms with Crippen LogP contribution in [0.4, 0.5) is 4.79 Å². The summed E-state index contributed by atoms with van der Waals surface area (Å²) < 4.78 is 0. The molecule has 0 saturated heterocycles. The van der Waals surface area contributed by atoms with E-state index in [9.17, 15) is 4.79 Å². The zero-order valence-electron chi connectivity index (χ0n) is 9.42. The zero-order chi connectivity index (χ0) is 12.3. The number of aromatic amines is 1. The Hall–Kier alpha value is -2.30. The van der Waals surface area contributed by atoms with Crippen LogP contribution in [0.25, 0.3) is 10.9 Å². The third kappa shape index (κ3) is 2.44. The summed E-state index contributed by atoms with van der Waals surface area (Å²) in [5.41, 5.74) is 1.79. The summed E-state index contributed by atoms with van der Waals surface area (Å²) in [6, 6.07) is 9.76. The van der Waals surface area contributed by atoms with Gasteiger partial charge in [-0.25, -0.2) is 4.79 Å². The fourth-order valence-electron chi connectivity index (χ4n) is 1.56. The van der Waals surface area contributed by atoms with Gasteiger partial charge in [-0.3, -0.25) is 0 Å². The highest BCUT2D eigenvalue weighted by atomic mass is 16.4. The van der Waals surface area contributed by atoms with Gasteiger partial charge in [-0.15, -0.1) is 0 Å². The number of carboxylic acid groups (broad SMARTS) is 1. The summed E-state index contributed by atoms with van der Waals surface area (Å²) in [6.45, 7) is 2.06. The largest absolute Gasteiger partial charge is 0.464 e. The number of hydrogen-bond donors (Lipinski definition) is 2. The predicted octanol–water partition coefficient (Wildman–Crippen LogP) is 2.50. The number of hydrogen-bond acceptors (Lipinski definition) is 2. The van der Waals surface area contributed by atoms with Crippen LogP contribution in [-0.4, -0.2) is 34.0 Å².